The first-order valence-electron chi connectivity index (χ1n) is 8.57. The SMILES string of the molecule is CSCCn1c(=NC(=O)c2ccc3ncsc3c2)sc2cc3c(cc21)OCO3. The van der Waals surface area contributed by atoms with E-state index in [1.165, 1.54) is 22.7 Å². The Kier molecular flexibility index (Phi) is 4.58. The summed E-state index contributed by atoms with van der Waals surface area (Å²) in [5.41, 5.74) is 4.25. The Bertz CT molecular complexity index is 1270. The van der Waals surface area contributed by atoms with Gasteiger partial charge < -0.3 is 14.0 Å². The summed E-state index contributed by atoms with van der Waals surface area (Å²) in [6, 6.07) is 9.44. The highest BCUT2D eigenvalue weighted by atomic mass is 32.2. The fourth-order valence-corrected chi connectivity index (χ4v) is 5.23. The van der Waals surface area contributed by atoms with Gasteiger partial charge in [-0.2, -0.15) is 16.8 Å². The Morgan fingerprint density at radius 1 is 1.25 bits per heavy atom. The van der Waals surface area contributed by atoms with E-state index in [1.807, 2.05) is 24.3 Å². The molecule has 1 aliphatic rings. The zero-order chi connectivity index (χ0) is 19.1. The highest BCUT2D eigenvalue weighted by Gasteiger charge is 2.18. The van der Waals surface area contributed by atoms with Crippen molar-refractivity contribution in [3.8, 4) is 11.5 Å². The third-order valence-electron chi connectivity index (χ3n) is 4.47. The lowest BCUT2D eigenvalue weighted by molar-refractivity contribution is 0.0998. The second-order valence-corrected chi connectivity index (χ2v) is 9.04. The van der Waals surface area contributed by atoms with Gasteiger partial charge in [-0.25, -0.2) is 4.98 Å². The van der Waals surface area contributed by atoms with Crippen molar-refractivity contribution in [3.63, 3.8) is 0 Å². The van der Waals surface area contributed by atoms with Crippen LogP contribution in [-0.4, -0.2) is 34.3 Å². The highest BCUT2D eigenvalue weighted by molar-refractivity contribution is 7.98. The summed E-state index contributed by atoms with van der Waals surface area (Å²) in [4.78, 5) is 22.2. The molecule has 0 atom stereocenters. The number of benzene rings is 2. The van der Waals surface area contributed by atoms with E-state index >= 15 is 0 Å². The summed E-state index contributed by atoms with van der Waals surface area (Å²) in [6.45, 7) is 1.01. The molecule has 28 heavy (non-hydrogen) atoms. The number of carbonyl (C=O) groups excluding carboxylic acids is 1. The van der Waals surface area contributed by atoms with Crippen molar-refractivity contribution in [1.29, 1.82) is 0 Å². The van der Waals surface area contributed by atoms with Crippen LogP contribution in [0.4, 0.5) is 0 Å². The van der Waals surface area contributed by atoms with Crippen molar-refractivity contribution in [2.45, 2.75) is 6.54 Å². The van der Waals surface area contributed by atoms with Gasteiger partial charge in [-0.3, -0.25) is 4.79 Å². The summed E-state index contributed by atoms with van der Waals surface area (Å²) < 4.78 is 15.1. The van der Waals surface area contributed by atoms with Crippen LogP contribution >= 0.6 is 34.4 Å². The Hall–Kier alpha value is -2.36. The number of amides is 1. The molecule has 0 unspecified atom stereocenters. The van der Waals surface area contributed by atoms with E-state index in [0.29, 0.717) is 10.4 Å². The van der Waals surface area contributed by atoms with Crippen molar-refractivity contribution >= 4 is 60.8 Å². The maximum atomic E-state index is 12.8. The molecule has 9 heteroatoms. The van der Waals surface area contributed by atoms with Crippen LogP contribution in [0.3, 0.4) is 0 Å². The summed E-state index contributed by atoms with van der Waals surface area (Å²) in [7, 11) is 0. The van der Waals surface area contributed by atoms with Crippen molar-refractivity contribution in [2.75, 3.05) is 18.8 Å². The van der Waals surface area contributed by atoms with Gasteiger partial charge >= 0.3 is 0 Å². The molecule has 0 spiro atoms. The van der Waals surface area contributed by atoms with Gasteiger partial charge in [-0.15, -0.1) is 11.3 Å². The van der Waals surface area contributed by atoms with E-state index in [4.69, 9.17) is 9.47 Å². The Labute approximate surface area is 172 Å². The van der Waals surface area contributed by atoms with E-state index < -0.39 is 0 Å². The van der Waals surface area contributed by atoms with E-state index in [2.05, 4.69) is 20.8 Å². The Morgan fingerprint density at radius 3 is 2.96 bits per heavy atom. The fraction of sp³-hybridized carbons (Fsp3) is 0.211. The van der Waals surface area contributed by atoms with E-state index in [0.717, 1.165) is 44.2 Å². The molecule has 0 saturated carbocycles. The van der Waals surface area contributed by atoms with Gasteiger partial charge in [0, 0.05) is 30.0 Å². The van der Waals surface area contributed by atoms with E-state index in [-0.39, 0.29) is 12.7 Å². The molecule has 1 amide bonds. The van der Waals surface area contributed by atoms with Crippen molar-refractivity contribution in [1.82, 2.24) is 9.55 Å². The van der Waals surface area contributed by atoms with Crippen LogP contribution in [0.25, 0.3) is 20.4 Å². The molecule has 2 aromatic heterocycles. The first-order chi connectivity index (χ1) is 13.7. The fourth-order valence-electron chi connectivity index (χ4n) is 3.08. The summed E-state index contributed by atoms with van der Waals surface area (Å²) >= 11 is 4.76. The maximum absolute atomic E-state index is 12.8. The molecule has 0 saturated heterocycles. The van der Waals surface area contributed by atoms with Crippen molar-refractivity contribution in [2.24, 2.45) is 4.99 Å². The minimum Gasteiger partial charge on any atom is -0.454 e. The molecular weight excluding hydrogens is 414 g/mol. The zero-order valence-corrected chi connectivity index (χ0v) is 17.3. The molecule has 0 aliphatic carbocycles. The summed E-state index contributed by atoms with van der Waals surface area (Å²) in [5, 5.41) is 0. The van der Waals surface area contributed by atoms with Gasteiger partial charge in [0.15, 0.2) is 16.3 Å². The third kappa shape index (κ3) is 3.09. The van der Waals surface area contributed by atoms with Crippen LogP contribution in [0.15, 0.2) is 40.8 Å². The number of ether oxygens (including phenoxy) is 2. The third-order valence-corrected chi connectivity index (χ3v) is 6.90. The van der Waals surface area contributed by atoms with Crippen LogP contribution in [-0.2, 0) is 6.54 Å². The lowest BCUT2D eigenvalue weighted by Gasteiger charge is -2.04. The van der Waals surface area contributed by atoms with Crippen LogP contribution in [0.1, 0.15) is 10.4 Å². The molecule has 1 aliphatic heterocycles. The molecule has 0 radical (unpaired) electrons. The van der Waals surface area contributed by atoms with E-state index in [9.17, 15) is 4.79 Å². The molecule has 6 nitrogen and oxygen atoms in total. The van der Waals surface area contributed by atoms with Crippen molar-refractivity contribution < 1.29 is 14.3 Å². The second kappa shape index (κ2) is 7.23. The normalized spacial score (nSPS) is 13.7. The average Bonchev–Trinajstić information content (AvgIpc) is 3.42. The minimum absolute atomic E-state index is 0.243. The lowest BCUT2D eigenvalue weighted by Crippen LogP contribution is -2.18. The van der Waals surface area contributed by atoms with E-state index in [1.54, 1.807) is 23.3 Å². The molecule has 4 aromatic rings. The average molecular weight is 430 g/mol. The molecule has 0 N–H and O–H groups in total. The highest BCUT2D eigenvalue weighted by Crippen LogP contribution is 2.37. The van der Waals surface area contributed by atoms with Gasteiger partial charge in [-0.05, 0) is 24.5 Å². The van der Waals surface area contributed by atoms with Crippen LogP contribution in [0.2, 0.25) is 0 Å². The number of nitrogens with zero attached hydrogens (tertiary/aromatic N) is 3. The molecule has 0 fully saturated rings. The number of aromatic nitrogens is 2. The number of rotatable bonds is 4. The predicted molar refractivity (Wildman–Crippen MR) is 114 cm³/mol. The standard InChI is InChI=1S/C19H15N3O3S3/c1-26-5-4-22-13-7-14-15(25-10-24-14)8-17(13)28-19(22)21-18(23)11-2-3-12-16(6-11)27-9-20-12/h2-3,6-9H,4-5,10H2,1H3. The largest absolute Gasteiger partial charge is 0.454 e. The number of hydrogen-bond donors (Lipinski definition) is 0. The predicted octanol–water partition coefficient (Wildman–Crippen LogP) is 4.15. The second-order valence-electron chi connectivity index (χ2n) is 6.15. The van der Waals surface area contributed by atoms with Crippen LogP contribution in [0, 0.1) is 0 Å². The summed E-state index contributed by atoms with van der Waals surface area (Å²) in [6.07, 6.45) is 2.07. The Morgan fingerprint density at radius 2 is 2.11 bits per heavy atom. The minimum atomic E-state index is -0.250. The first-order valence-corrected chi connectivity index (χ1v) is 11.7. The maximum Gasteiger partial charge on any atom is 0.279 e. The van der Waals surface area contributed by atoms with Crippen molar-refractivity contribution in [3.05, 3.63) is 46.2 Å². The topological polar surface area (TPSA) is 65.7 Å². The first kappa shape index (κ1) is 17.7. The van der Waals surface area contributed by atoms with Crippen LogP contribution < -0.4 is 14.3 Å². The number of thiazole rings is 2. The molecule has 142 valence electrons. The van der Waals surface area contributed by atoms with Gasteiger partial charge in [-0.1, -0.05) is 11.3 Å². The van der Waals surface area contributed by atoms with Gasteiger partial charge in [0.2, 0.25) is 6.79 Å². The number of aryl methyl sites for hydroxylation is 1. The molecule has 5 rings (SSSR count). The lowest BCUT2D eigenvalue weighted by atomic mass is 10.2. The molecular formula is C19H15N3O3S3. The van der Waals surface area contributed by atoms with Gasteiger partial charge in [0.1, 0.15) is 0 Å². The summed E-state index contributed by atoms with van der Waals surface area (Å²) in [5.74, 6) is 2.14. The number of thioether (sulfide) groups is 1. The monoisotopic (exact) mass is 429 g/mol. The number of carbonyl (C=O) groups is 1. The zero-order valence-electron chi connectivity index (χ0n) is 14.9. The smallest absolute Gasteiger partial charge is 0.279 e. The quantitative estimate of drug-likeness (QED) is 0.488. The Balaban J connectivity index is 1.62. The molecule has 2 aromatic carbocycles. The van der Waals surface area contributed by atoms with Crippen LogP contribution in [0.5, 0.6) is 11.5 Å². The van der Waals surface area contributed by atoms with Gasteiger partial charge in [0.05, 0.1) is 25.9 Å². The molecule has 0 bridgehead atoms. The number of fused-ring (bicyclic) bond motifs is 3. The van der Waals surface area contributed by atoms with Gasteiger partial charge in [0.25, 0.3) is 5.91 Å². The molecule has 3 heterocycles. The number of hydrogen-bond acceptors (Lipinski definition) is 7.